The molecule has 0 spiro atoms. The number of fused-ring (bicyclic) bond motifs is 1. The molecule has 2 aromatic rings. The molecule has 2 fully saturated rings. The lowest BCUT2D eigenvalue weighted by molar-refractivity contribution is -0.192. The molecular weight excluding hydrogens is 439 g/mol. The van der Waals surface area contributed by atoms with Gasteiger partial charge in [-0.3, -0.25) is 14.7 Å². The number of aryl methyl sites for hydroxylation is 2. The third-order valence-corrected chi connectivity index (χ3v) is 5.86. The molecule has 2 N–H and O–H groups in total. The normalized spacial score (nSPS) is 20.5. The predicted octanol–water partition coefficient (Wildman–Crippen LogP) is 2.13. The van der Waals surface area contributed by atoms with E-state index < -0.39 is 12.1 Å². The van der Waals surface area contributed by atoms with E-state index in [-0.39, 0.29) is 23.9 Å². The molecular formula is C18H20F3N5O4S. The molecule has 0 bridgehead atoms. The molecule has 2 saturated heterocycles. The van der Waals surface area contributed by atoms with Crippen molar-refractivity contribution < 1.29 is 32.7 Å². The van der Waals surface area contributed by atoms with Gasteiger partial charge in [-0.25, -0.2) is 9.78 Å². The molecule has 31 heavy (non-hydrogen) atoms. The Bertz CT molecular complexity index is 989. The Balaban J connectivity index is 0.000000339. The Morgan fingerprint density at radius 2 is 2.00 bits per heavy atom. The maximum absolute atomic E-state index is 12.7. The fourth-order valence-electron chi connectivity index (χ4n) is 3.72. The van der Waals surface area contributed by atoms with Crippen LogP contribution in [0.3, 0.4) is 0 Å². The molecule has 2 aliphatic heterocycles. The van der Waals surface area contributed by atoms with Crippen molar-refractivity contribution in [3.8, 4) is 0 Å². The number of hydrogen-bond acceptors (Lipinski definition) is 6. The number of H-pyrrole nitrogens is 1. The SMILES string of the molecule is Cc1cc(C(=O)N2CCC3C2CC(=O)N3Cc2csc(C)n2)n[nH]1.O=C(O)C(F)(F)F. The molecule has 2 unspecified atom stereocenters. The summed E-state index contributed by atoms with van der Waals surface area (Å²) in [6.07, 6.45) is -3.88. The fraction of sp³-hybridized carbons (Fsp3) is 0.500. The molecule has 2 aliphatic rings. The second-order valence-electron chi connectivity index (χ2n) is 7.24. The van der Waals surface area contributed by atoms with E-state index in [1.807, 2.05) is 29.0 Å². The maximum atomic E-state index is 12.7. The van der Waals surface area contributed by atoms with Gasteiger partial charge in [0.15, 0.2) is 0 Å². The van der Waals surface area contributed by atoms with Gasteiger partial charge in [0.25, 0.3) is 5.91 Å². The second kappa shape index (κ2) is 8.65. The van der Waals surface area contributed by atoms with Crippen molar-refractivity contribution in [2.45, 2.75) is 51.5 Å². The number of alkyl halides is 3. The standard InChI is InChI=1S/C16H19N5O2S.C2HF3O2/c1-9-5-12(19-18-9)16(23)20-4-3-13-14(20)6-15(22)21(13)7-11-8-24-10(2)17-11;3-2(4,5)1(6)7/h5,8,13-14H,3-4,6-7H2,1-2H3,(H,18,19);(H,6,7). The number of hydrogen-bond donors (Lipinski definition) is 2. The number of likely N-dealkylation sites (tertiary alicyclic amines) is 2. The van der Waals surface area contributed by atoms with Crippen molar-refractivity contribution in [2.24, 2.45) is 0 Å². The molecule has 4 rings (SSSR count). The van der Waals surface area contributed by atoms with Crippen molar-refractivity contribution in [3.05, 3.63) is 33.5 Å². The van der Waals surface area contributed by atoms with Crippen molar-refractivity contribution in [1.29, 1.82) is 0 Å². The molecule has 9 nitrogen and oxygen atoms in total. The van der Waals surface area contributed by atoms with Crippen LogP contribution in [0.2, 0.25) is 0 Å². The van der Waals surface area contributed by atoms with E-state index in [9.17, 15) is 22.8 Å². The minimum absolute atomic E-state index is 0.0539. The van der Waals surface area contributed by atoms with Gasteiger partial charge in [0.2, 0.25) is 5.91 Å². The number of amides is 2. The van der Waals surface area contributed by atoms with Crippen molar-refractivity contribution in [1.82, 2.24) is 25.0 Å². The molecule has 2 aromatic heterocycles. The summed E-state index contributed by atoms with van der Waals surface area (Å²) in [7, 11) is 0. The summed E-state index contributed by atoms with van der Waals surface area (Å²) >= 11 is 1.59. The largest absolute Gasteiger partial charge is 0.490 e. The molecule has 0 radical (unpaired) electrons. The topological polar surface area (TPSA) is 119 Å². The molecule has 0 aromatic carbocycles. The summed E-state index contributed by atoms with van der Waals surface area (Å²) in [6, 6.07) is 1.78. The summed E-state index contributed by atoms with van der Waals surface area (Å²) in [5.41, 5.74) is 2.21. The average Bonchev–Trinajstić information content (AvgIpc) is 3.43. The molecule has 168 valence electrons. The number of aromatic amines is 1. The smallest absolute Gasteiger partial charge is 0.475 e. The predicted molar refractivity (Wildman–Crippen MR) is 102 cm³/mol. The van der Waals surface area contributed by atoms with Gasteiger partial charge in [-0.1, -0.05) is 0 Å². The van der Waals surface area contributed by atoms with Crippen LogP contribution in [0, 0.1) is 13.8 Å². The van der Waals surface area contributed by atoms with E-state index >= 15 is 0 Å². The number of halogens is 3. The Labute approximate surface area is 178 Å². The number of nitrogens with one attached hydrogen (secondary N) is 1. The number of carboxylic acid groups (broad SMARTS) is 1. The number of nitrogens with zero attached hydrogens (tertiary/aromatic N) is 4. The molecule has 13 heteroatoms. The lowest BCUT2D eigenvalue weighted by atomic mass is 10.1. The Morgan fingerprint density at radius 3 is 2.52 bits per heavy atom. The first-order valence-corrected chi connectivity index (χ1v) is 10.2. The number of thiazole rings is 1. The first-order valence-electron chi connectivity index (χ1n) is 9.31. The van der Waals surface area contributed by atoms with Crippen LogP contribution >= 0.6 is 11.3 Å². The zero-order valence-electron chi connectivity index (χ0n) is 16.6. The minimum atomic E-state index is -5.08. The summed E-state index contributed by atoms with van der Waals surface area (Å²) in [4.78, 5) is 42.2. The van der Waals surface area contributed by atoms with E-state index in [4.69, 9.17) is 9.90 Å². The van der Waals surface area contributed by atoms with Gasteiger partial charge in [-0.15, -0.1) is 11.3 Å². The van der Waals surface area contributed by atoms with Gasteiger partial charge in [0.05, 0.1) is 29.3 Å². The monoisotopic (exact) mass is 459 g/mol. The molecule has 0 aliphatic carbocycles. The highest BCUT2D eigenvalue weighted by atomic mass is 32.1. The Morgan fingerprint density at radius 1 is 1.32 bits per heavy atom. The van der Waals surface area contributed by atoms with Crippen molar-refractivity contribution in [3.63, 3.8) is 0 Å². The van der Waals surface area contributed by atoms with E-state index in [1.54, 1.807) is 17.4 Å². The third-order valence-electron chi connectivity index (χ3n) is 5.04. The lowest BCUT2D eigenvalue weighted by Crippen LogP contribution is -2.39. The molecule has 2 amide bonds. The highest BCUT2D eigenvalue weighted by Crippen LogP contribution is 2.34. The quantitative estimate of drug-likeness (QED) is 0.726. The maximum Gasteiger partial charge on any atom is 0.490 e. The van der Waals surface area contributed by atoms with Gasteiger partial charge in [-0.2, -0.15) is 18.3 Å². The number of carbonyl (C=O) groups excluding carboxylic acids is 2. The van der Waals surface area contributed by atoms with Gasteiger partial charge in [0, 0.05) is 24.0 Å². The average molecular weight is 459 g/mol. The van der Waals surface area contributed by atoms with Crippen molar-refractivity contribution in [2.75, 3.05) is 6.54 Å². The highest BCUT2D eigenvalue weighted by molar-refractivity contribution is 7.09. The van der Waals surface area contributed by atoms with E-state index in [2.05, 4.69) is 15.2 Å². The van der Waals surface area contributed by atoms with E-state index in [1.165, 1.54) is 0 Å². The van der Waals surface area contributed by atoms with Gasteiger partial charge in [-0.05, 0) is 26.3 Å². The number of aliphatic carboxylic acids is 1. The van der Waals surface area contributed by atoms with Crippen molar-refractivity contribution >= 4 is 29.1 Å². The zero-order valence-corrected chi connectivity index (χ0v) is 17.5. The first kappa shape index (κ1) is 22.7. The van der Waals surface area contributed by atoms with Crippen LogP contribution in [0.1, 0.15) is 39.7 Å². The second-order valence-corrected chi connectivity index (χ2v) is 8.31. The highest BCUT2D eigenvalue weighted by Gasteiger charge is 2.48. The molecule has 0 saturated carbocycles. The van der Waals surface area contributed by atoms with Crippen LogP contribution in [0.4, 0.5) is 13.2 Å². The Hall–Kier alpha value is -2.96. The van der Waals surface area contributed by atoms with Crippen LogP contribution in [-0.2, 0) is 16.1 Å². The van der Waals surface area contributed by atoms with E-state index in [0.717, 1.165) is 22.8 Å². The zero-order chi connectivity index (χ0) is 22.9. The van der Waals surface area contributed by atoms with Crippen LogP contribution < -0.4 is 0 Å². The third kappa shape index (κ3) is 5.03. The molecule has 2 atom stereocenters. The first-order chi connectivity index (χ1) is 14.5. The van der Waals surface area contributed by atoms with Crippen LogP contribution in [-0.4, -0.2) is 72.7 Å². The minimum Gasteiger partial charge on any atom is -0.475 e. The van der Waals surface area contributed by atoms with Crippen LogP contribution in [0.15, 0.2) is 11.4 Å². The van der Waals surface area contributed by atoms with E-state index in [0.29, 0.717) is 25.2 Å². The summed E-state index contributed by atoms with van der Waals surface area (Å²) in [5, 5.41) is 17.0. The van der Waals surface area contributed by atoms with Crippen LogP contribution in [0.5, 0.6) is 0 Å². The number of carboxylic acids is 1. The molecule has 4 heterocycles. The summed E-state index contributed by atoms with van der Waals surface area (Å²) in [5.74, 6) is -2.75. The fourth-order valence-corrected chi connectivity index (χ4v) is 4.32. The van der Waals surface area contributed by atoms with Gasteiger partial charge < -0.3 is 14.9 Å². The van der Waals surface area contributed by atoms with Gasteiger partial charge >= 0.3 is 12.1 Å². The number of rotatable bonds is 3. The van der Waals surface area contributed by atoms with Gasteiger partial charge in [0.1, 0.15) is 5.69 Å². The number of carbonyl (C=O) groups is 3. The Kier molecular flexibility index (Phi) is 6.34. The summed E-state index contributed by atoms with van der Waals surface area (Å²) in [6.45, 7) is 5.03. The van der Waals surface area contributed by atoms with Crippen LogP contribution in [0.25, 0.3) is 0 Å². The lowest BCUT2D eigenvalue weighted by Gasteiger charge is -2.24. The number of aromatic nitrogens is 3. The summed E-state index contributed by atoms with van der Waals surface area (Å²) < 4.78 is 31.7.